The van der Waals surface area contributed by atoms with E-state index in [0.717, 1.165) is 96.3 Å². The molecule has 2 unspecified atom stereocenters. The van der Waals surface area contributed by atoms with Crippen LogP contribution in [-0.2, 0) is 32.7 Å². The first-order chi connectivity index (χ1) is 39.8. The van der Waals surface area contributed by atoms with E-state index in [0.29, 0.717) is 6.42 Å². The van der Waals surface area contributed by atoms with Crippen LogP contribution in [-0.4, -0.2) is 49.3 Å². The minimum absolute atomic E-state index is 0.0411. The number of allylic oxidation sites excluding steroid dienone is 20. The Hall–Kier alpha value is -3.59. The topological polar surface area (TPSA) is 134 Å². The fraction of sp³-hybridized carbons (Fsp3) is 0.690. The summed E-state index contributed by atoms with van der Waals surface area (Å²) in [6.45, 7) is 3.60. The molecule has 0 aromatic carbocycles. The Labute approximate surface area is 498 Å². The monoisotopic (exact) mass is 1150 g/mol. The van der Waals surface area contributed by atoms with Crippen molar-refractivity contribution in [1.82, 2.24) is 0 Å². The van der Waals surface area contributed by atoms with Crippen molar-refractivity contribution in [1.29, 1.82) is 0 Å². The third-order valence-corrected chi connectivity index (χ3v) is 14.8. The molecule has 0 rings (SSSR count). The molecule has 0 aliphatic heterocycles. The van der Waals surface area contributed by atoms with Gasteiger partial charge in [-0.3, -0.25) is 18.6 Å². The van der Waals surface area contributed by atoms with Crippen molar-refractivity contribution in [2.45, 2.75) is 290 Å². The second-order valence-electron chi connectivity index (χ2n) is 21.6. The number of phosphoric ester groups is 1. The third kappa shape index (κ3) is 65.4. The van der Waals surface area contributed by atoms with E-state index in [9.17, 15) is 19.0 Å². The average Bonchev–Trinajstić information content (AvgIpc) is 3.46. The first-order valence-corrected chi connectivity index (χ1v) is 34.5. The number of carbonyl (C=O) groups excluding carboxylic acids is 2. The van der Waals surface area contributed by atoms with Crippen molar-refractivity contribution >= 4 is 19.8 Å². The van der Waals surface area contributed by atoms with Crippen LogP contribution in [0.1, 0.15) is 284 Å². The van der Waals surface area contributed by atoms with Crippen LogP contribution in [0.2, 0.25) is 0 Å². The predicted molar refractivity (Wildman–Crippen MR) is 348 cm³/mol. The summed E-state index contributed by atoms with van der Waals surface area (Å²) in [5.41, 5.74) is 5.39. The molecule has 0 radical (unpaired) electrons. The van der Waals surface area contributed by atoms with Gasteiger partial charge < -0.3 is 20.1 Å². The van der Waals surface area contributed by atoms with E-state index in [2.05, 4.69) is 135 Å². The minimum Gasteiger partial charge on any atom is -0.462 e. The van der Waals surface area contributed by atoms with Crippen LogP contribution >= 0.6 is 7.82 Å². The van der Waals surface area contributed by atoms with Gasteiger partial charge in [-0.1, -0.05) is 302 Å². The smallest absolute Gasteiger partial charge is 0.462 e. The Morgan fingerprint density at radius 1 is 0.383 bits per heavy atom. The van der Waals surface area contributed by atoms with E-state index in [1.807, 2.05) is 0 Å². The summed E-state index contributed by atoms with van der Waals surface area (Å²) in [7, 11) is -4.41. The molecule has 2 atom stereocenters. The van der Waals surface area contributed by atoms with E-state index in [-0.39, 0.29) is 32.6 Å². The van der Waals surface area contributed by atoms with Gasteiger partial charge in [-0.25, -0.2) is 4.57 Å². The van der Waals surface area contributed by atoms with E-state index in [1.54, 1.807) is 0 Å². The van der Waals surface area contributed by atoms with Crippen molar-refractivity contribution in [2.24, 2.45) is 5.73 Å². The molecule has 0 saturated heterocycles. The maximum absolute atomic E-state index is 12.7. The number of hydrogen-bond acceptors (Lipinski definition) is 8. The lowest BCUT2D eigenvalue weighted by molar-refractivity contribution is -0.161. The Morgan fingerprint density at radius 2 is 0.679 bits per heavy atom. The first-order valence-electron chi connectivity index (χ1n) is 33.0. The zero-order chi connectivity index (χ0) is 58.7. The lowest BCUT2D eigenvalue weighted by Gasteiger charge is -2.19. The number of carbonyl (C=O) groups is 2. The molecule has 10 heteroatoms. The zero-order valence-electron chi connectivity index (χ0n) is 52.0. The number of unbranched alkanes of at least 4 members (excludes halogenated alkanes) is 28. The van der Waals surface area contributed by atoms with Crippen LogP contribution < -0.4 is 5.73 Å². The van der Waals surface area contributed by atoms with Gasteiger partial charge in [-0.05, 0) is 89.9 Å². The summed E-state index contributed by atoms with van der Waals surface area (Å²) in [5, 5.41) is 0. The van der Waals surface area contributed by atoms with Gasteiger partial charge in [-0.2, -0.15) is 0 Å². The summed E-state index contributed by atoms with van der Waals surface area (Å²) < 4.78 is 33.1. The normalized spacial score (nSPS) is 13.8. The molecule has 0 fully saturated rings. The van der Waals surface area contributed by atoms with Crippen molar-refractivity contribution in [3.63, 3.8) is 0 Å². The number of rotatable bonds is 61. The van der Waals surface area contributed by atoms with Gasteiger partial charge >= 0.3 is 19.8 Å². The standard InChI is InChI=1S/C71H122NO8P/c1-3-5-7-9-11-13-15-17-19-21-23-25-27-29-31-32-33-34-35-36-38-40-42-44-46-48-50-52-54-56-58-60-62-64-71(74)80-69(68-79-81(75,76)78-66-65-72)67-77-70(73)63-61-59-57-55-53-51-49-47-45-43-41-39-37-30-28-26-24-22-20-18-16-14-12-10-8-6-4-2/h5,7,11,13,17,19,23,25,29,31,33-34,36,38,42,44,48,50,54,56,69H,3-4,6,8-10,12,14-16,18,20-22,24,26-28,30,32,35,37,39-41,43,45-47,49,51-53,55,57-68,72H2,1-2H3,(H,75,76)/b7-5-,13-11-,19-17-,25-23-,31-29-,34-33-,38-36-,44-42-,50-48-,56-54-. The van der Waals surface area contributed by atoms with Crippen LogP contribution in [0.15, 0.2) is 122 Å². The molecule has 0 aliphatic carbocycles. The van der Waals surface area contributed by atoms with Gasteiger partial charge in [0.15, 0.2) is 6.10 Å². The molecule has 0 spiro atoms. The summed E-state index contributed by atoms with van der Waals surface area (Å²) in [4.78, 5) is 35.3. The quantitative estimate of drug-likeness (QED) is 0.0264. The summed E-state index contributed by atoms with van der Waals surface area (Å²) in [5.74, 6) is -0.877. The molecule has 9 nitrogen and oxygen atoms in total. The van der Waals surface area contributed by atoms with Crippen molar-refractivity contribution < 1.29 is 37.6 Å². The van der Waals surface area contributed by atoms with Gasteiger partial charge in [0.05, 0.1) is 13.2 Å². The molecule has 464 valence electrons. The van der Waals surface area contributed by atoms with Crippen LogP contribution in [0.5, 0.6) is 0 Å². The molecule has 0 saturated carbocycles. The average molecular weight is 1150 g/mol. The molecule has 0 aromatic rings. The van der Waals surface area contributed by atoms with E-state index < -0.39 is 32.5 Å². The highest BCUT2D eigenvalue weighted by atomic mass is 31.2. The molecule has 3 N–H and O–H groups in total. The maximum atomic E-state index is 12.7. The highest BCUT2D eigenvalue weighted by Gasteiger charge is 2.26. The molecule has 81 heavy (non-hydrogen) atoms. The molecule has 0 heterocycles. The summed E-state index contributed by atoms with van der Waals surface area (Å²) in [6.07, 6.45) is 91.4. The number of phosphoric acid groups is 1. The van der Waals surface area contributed by atoms with Crippen LogP contribution in [0.3, 0.4) is 0 Å². The molecular formula is C71H122NO8P. The number of esters is 2. The van der Waals surface area contributed by atoms with Crippen LogP contribution in [0, 0.1) is 0 Å². The van der Waals surface area contributed by atoms with Gasteiger partial charge in [0.25, 0.3) is 0 Å². The van der Waals surface area contributed by atoms with Crippen LogP contribution in [0.25, 0.3) is 0 Å². The second-order valence-corrected chi connectivity index (χ2v) is 23.1. The van der Waals surface area contributed by atoms with Gasteiger partial charge in [0.1, 0.15) is 6.61 Å². The lowest BCUT2D eigenvalue weighted by Crippen LogP contribution is -2.29. The Balaban J connectivity index is 4.03. The Kier molecular flexibility index (Phi) is 62.7. The maximum Gasteiger partial charge on any atom is 0.472 e. The first kappa shape index (κ1) is 77.4. The van der Waals surface area contributed by atoms with Crippen LogP contribution in [0.4, 0.5) is 0 Å². The number of hydrogen-bond donors (Lipinski definition) is 2. The largest absolute Gasteiger partial charge is 0.472 e. The highest BCUT2D eigenvalue weighted by molar-refractivity contribution is 7.47. The van der Waals surface area contributed by atoms with Gasteiger partial charge in [0, 0.05) is 19.4 Å². The Bertz CT molecular complexity index is 1740. The van der Waals surface area contributed by atoms with Crippen molar-refractivity contribution in [3.05, 3.63) is 122 Å². The van der Waals surface area contributed by atoms with Gasteiger partial charge in [0.2, 0.25) is 0 Å². The van der Waals surface area contributed by atoms with E-state index >= 15 is 0 Å². The minimum atomic E-state index is -4.41. The lowest BCUT2D eigenvalue weighted by atomic mass is 10.0. The fourth-order valence-corrected chi connectivity index (χ4v) is 9.78. The SMILES string of the molecule is CC/C=C\C/C=C\C/C=C\C/C=C\C/C=C\C/C=C\C/C=C\C/C=C\C/C=C\C/C=C\CCCCC(=O)OC(COC(=O)CCCCCCCCCCCCCCCCCCCCCCCCCCCCC)COP(=O)(O)OCCN. The molecule has 0 aromatic heterocycles. The van der Waals surface area contributed by atoms with Gasteiger partial charge in [-0.15, -0.1) is 0 Å². The summed E-state index contributed by atoms with van der Waals surface area (Å²) >= 11 is 0. The fourth-order valence-electron chi connectivity index (χ4n) is 9.02. The van der Waals surface area contributed by atoms with Crippen molar-refractivity contribution in [2.75, 3.05) is 26.4 Å². The number of ether oxygens (including phenoxy) is 2. The number of nitrogens with two attached hydrogens (primary N) is 1. The zero-order valence-corrected chi connectivity index (χ0v) is 52.9. The predicted octanol–water partition coefficient (Wildman–Crippen LogP) is 21.5. The third-order valence-electron chi connectivity index (χ3n) is 13.9. The highest BCUT2D eigenvalue weighted by Crippen LogP contribution is 2.43. The molecule has 0 aliphatic rings. The second kappa shape index (κ2) is 65.6. The van der Waals surface area contributed by atoms with Crippen molar-refractivity contribution in [3.8, 4) is 0 Å². The van der Waals surface area contributed by atoms with E-state index in [4.69, 9.17) is 24.3 Å². The summed E-state index contributed by atoms with van der Waals surface area (Å²) in [6, 6.07) is 0. The Morgan fingerprint density at radius 3 is 1.01 bits per heavy atom. The molecule has 0 amide bonds. The molecule has 0 bridgehead atoms. The van der Waals surface area contributed by atoms with E-state index in [1.165, 1.54) is 154 Å². The molecular weight excluding hydrogens is 1030 g/mol.